The molecule has 0 bridgehead atoms. The van der Waals surface area contributed by atoms with Gasteiger partial charge in [-0.15, -0.1) is 0 Å². The van der Waals surface area contributed by atoms with Gasteiger partial charge in [-0.05, 0) is 62.4 Å². The Bertz CT molecular complexity index is 1700. The van der Waals surface area contributed by atoms with Gasteiger partial charge in [0, 0.05) is 21.9 Å². The molecule has 36 heavy (non-hydrogen) atoms. The molecule has 2 heterocycles. The van der Waals surface area contributed by atoms with Crippen LogP contribution in [-0.4, -0.2) is 0 Å². The summed E-state index contributed by atoms with van der Waals surface area (Å²) in [6, 6.07) is 32.3. The number of hydrogen-bond acceptors (Lipinski definition) is 2. The summed E-state index contributed by atoms with van der Waals surface area (Å²) < 4.78 is 12.7. The van der Waals surface area contributed by atoms with Gasteiger partial charge in [-0.25, -0.2) is 0 Å². The van der Waals surface area contributed by atoms with E-state index in [1.54, 1.807) is 0 Å². The minimum absolute atomic E-state index is 0.597. The van der Waals surface area contributed by atoms with E-state index in [1.165, 1.54) is 11.1 Å². The van der Waals surface area contributed by atoms with Crippen LogP contribution in [0.5, 0.6) is 0 Å². The van der Waals surface area contributed by atoms with E-state index in [1.807, 2.05) is 72.8 Å². The first kappa shape index (κ1) is 21.6. The van der Waals surface area contributed by atoms with Crippen LogP contribution in [0.3, 0.4) is 0 Å². The lowest BCUT2D eigenvalue weighted by atomic mass is 10.0. The van der Waals surface area contributed by atoms with E-state index in [4.69, 9.17) is 8.83 Å². The average molecular weight is 463 g/mol. The molecule has 0 fully saturated rings. The molecule has 0 aliphatic rings. The fourth-order valence-corrected chi connectivity index (χ4v) is 4.20. The summed E-state index contributed by atoms with van der Waals surface area (Å²) in [6.45, 7) is 4.14. The molecular formula is C34H22O2. The van der Waals surface area contributed by atoms with Gasteiger partial charge in [0.15, 0.2) is 11.5 Å². The first-order valence-electron chi connectivity index (χ1n) is 11.9. The third-order valence-electron chi connectivity index (χ3n) is 6.16. The van der Waals surface area contributed by atoms with Crippen molar-refractivity contribution in [2.75, 3.05) is 0 Å². The molecule has 6 rings (SSSR count). The van der Waals surface area contributed by atoms with Crippen LogP contribution in [0.4, 0.5) is 0 Å². The van der Waals surface area contributed by atoms with Crippen molar-refractivity contribution in [2.45, 2.75) is 13.8 Å². The summed E-state index contributed by atoms with van der Waals surface area (Å²) in [7, 11) is 0. The van der Waals surface area contributed by atoms with Crippen molar-refractivity contribution in [3.05, 3.63) is 130 Å². The highest BCUT2D eigenvalue weighted by atomic mass is 16.4. The number of furan rings is 2. The Kier molecular flexibility index (Phi) is 5.42. The molecule has 2 aromatic heterocycles. The van der Waals surface area contributed by atoms with E-state index in [2.05, 4.69) is 61.8 Å². The maximum atomic E-state index is 6.37. The van der Waals surface area contributed by atoms with Gasteiger partial charge >= 0.3 is 0 Å². The van der Waals surface area contributed by atoms with Gasteiger partial charge in [-0.1, -0.05) is 83.3 Å². The summed E-state index contributed by atoms with van der Waals surface area (Å²) in [5.74, 6) is 14.5. The summed E-state index contributed by atoms with van der Waals surface area (Å²) in [4.78, 5) is 0. The molecule has 0 radical (unpaired) electrons. The highest BCUT2D eigenvalue weighted by Crippen LogP contribution is 2.39. The van der Waals surface area contributed by atoms with Crippen molar-refractivity contribution in [3.8, 4) is 35.2 Å². The second-order valence-corrected chi connectivity index (χ2v) is 8.84. The maximum Gasteiger partial charge on any atom is 0.187 e. The summed E-state index contributed by atoms with van der Waals surface area (Å²) in [6.07, 6.45) is 0. The minimum atomic E-state index is 0.597. The lowest BCUT2D eigenvalue weighted by molar-refractivity contribution is 0.568. The molecule has 0 unspecified atom stereocenters. The average Bonchev–Trinajstić information content (AvgIpc) is 3.46. The van der Waals surface area contributed by atoms with Crippen LogP contribution in [0.2, 0.25) is 0 Å². The maximum absolute atomic E-state index is 6.37. The SMILES string of the molecule is Cc1ccc(C#Cc2c(-c3oc4ccccc4c3C#Cc3ccc(C)cc3)oc3ccccc23)cc1. The van der Waals surface area contributed by atoms with Crippen LogP contribution >= 0.6 is 0 Å². The Morgan fingerprint density at radius 2 is 0.833 bits per heavy atom. The summed E-state index contributed by atoms with van der Waals surface area (Å²) in [5.41, 5.74) is 7.41. The zero-order valence-electron chi connectivity index (χ0n) is 20.1. The van der Waals surface area contributed by atoms with Crippen molar-refractivity contribution < 1.29 is 8.83 Å². The second kappa shape index (κ2) is 9.03. The predicted molar refractivity (Wildman–Crippen MR) is 146 cm³/mol. The fraction of sp³-hybridized carbons (Fsp3) is 0.0588. The first-order valence-corrected chi connectivity index (χ1v) is 11.9. The van der Waals surface area contributed by atoms with Crippen LogP contribution in [0.25, 0.3) is 33.5 Å². The van der Waals surface area contributed by atoms with Gasteiger partial charge < -0.3 is 8.83 Å². The van der Waals surface area contributed by atoms with E-state index in [0.717, 1.165) is 44.2 Å². The standard InChI is InChI=1S/C34H22O2/c1-23-11-15-25(16-12-23)19-21-29-27-7-3-5-9-31(27)35-33(29)34-30(28-8-4-6-10-32(28)36-34)22-20-26-17-13-24(2)14-18-26/h3-18H,1-2H3. The summed E-state index contributed by atoms with van der Waals surface area (Å²) in [5, 5.41) is 1.90. The fourth-order valence-electron chi connectivity index (χ4n) is 4.20. The largest absolute Gasteiger partial charge is 0.451 e. The lowest BCUT2D eigenvalue weighted by Crippen LogP contribution is -1.83. The molecule has 0 aliphatic carbocycles. The van der Waals surface area contributed by atoms with Gasteiger partial charge in [0.05, 0.1) is 11.1 Å². The quantitative estimate of drug-likeness (QED) is 0.230. The van der Waals surface area contributed by atoms with Gasteiger partial charge in [-0.2, -0.15) is 0 Å². The van der Waals surface area contributed by atoms with Gasteiger partial charge in [0.2, 0.25) is 0 Å². The zero-order chi connectivity index (χ0) is 24.5. The Morgan fingerprint density at radius 1 is 0.444 bits per heavy atom. The Morgan fingerprint density at radius 3 is 1.25 bits per heavy atom. The predicted octanol–water partition coefficient (Wildman–Crippen LogP) is 8.26. The zero-order valence-corrected chi connectivity index (χ0v) is 20.1. The number of fused-ring (bicyclic) bond motifs is 2. The third-order valence-corrected chi connectivity index (χ3v) is 6.16. The summed E-state index contributed by atoms with van der Waals surface area (Å²) >= 11 is 0. The molecule has 6 aromatic rings. The smallest absolute Gasteiger partial charge is 0.187 e. The lowest BCUT2D eigenvalue weighted by Gasteiger charge is -1.96. The van der Waals surface area contributed by atoms with E-state index in [-0.39, 0.29) is 0 Å². The van der Waals surface area contributed by atoms with E-state index in [9.17, 15) is 0 Å². The van der Waals surface area contributed by atoms with Crippen LogP contribution in [-0.2, 0) is 0 Å². The monoisotopic (exact) mass is 462 g/mol. The molecule has 2 heteroatoms. The van der Waals surface area contributed by atoms with Crippen molar-refractivity contribution in [1.29, 1.82) is 0 Å². The van der Waals surface area contributed by atoms with Gasteiger partial charge in [0.1, 0.15) is 11.2 Å². The van der Waals surface area contributed by atoms with E-state index in [0.29, 0.717) is 11.5 Å². The number of para-hydroxylation sites is 2. The number of aryl methyl sites for hydroxylation is 2. The number of rotatable bonds is 1. The van der Waals surface area contributed by atoms with Crippen molar-refractivity contribution >= 4 is 21.9 Å². The van der Waals surface area contributed by atoms with Crippen molar-refractivity contribution in [1.82, 2.24) is 0 Å². The molecule has 2 nitrogen and oxygen atoms in total. The molecule has 0 saturated carbocycles. The molecule has 0 saturated heterocycles. The van der Waals surface area contributed by atoms with Crippen molar-refractivity contribution in [3.63, 3.8) is 0 Å². The minimum Gasteiger partial charge on any atom is -0.451 e. The molecule has 170 valence electrons. The van der Waals surface area contributed by atoms with Crippen molar-refractivity contribution in [2.24, 2.45) is 0 Å². The number of benzene rings is 4. The van der Waals surface area contributed by atoms with Crippen LogP contribution in [0, 0.1) is 37.5 Å². The molecule has 0 N–H and O–H groups in total. The second-order valence-electron chi connectivity index (χ2n) is 8.84. The molecule has 0 aliphatic heterocycles. The molecule has 0 spiro atoms. The topological polar surface area (TPSA) is 26.3 Å². The highest BCUT2D eigenvalue weighted by Gasteiger charge is 2.22. The van der Waals surface area contributed by atoms with E-state index >= 15 is 0 Å². The third kappa shape index (κ3) is 4.07. The molecule has 0 atom stereocenters. The molecule has 4 aromatic carbocycles. The Labute approximate surface area is 210 Å². The normalized spacial score (nSPS) is 10.6. The van der Waals surface area contributed by atoms with E-state index < -0.39 is 0 Å². The highest BCUT2D eigenvalue weighted by molar-refractivity contribution is 5.96. The molecule has 0 amide bonds. The van der Waals surface area contributed by atoms with Crippen LogP contribution in [0.15, 0.2) is 106 Å². The van der Waals surface area contributed by atoms with Gasteiger partial charge in [0.25, 0.3) is 0 Å². The van der Waals surface area contributed by atoms with Gasteiger partial charge in [-0.3, -0.25) is 0 Å². The Balaban J connectivity index is 1.57. The Hall–Kier alpha value is -4.92. The number of hydrogen-bond donors (Lipinski definition) is 0. The van der Waals surface area contributed by atoms with Crippen LogP contribution in [0.1, 0.15) is 33.4 Å². The molecular weight excluding hydrogens is 440 g/mol. The van der Waals surface area contributed by atoms with Crippen LogP contribution < -0.4 is 0 Å². The first-order chi connectivity index (χ1) is 17.7.